The predicted octanol–water partition coefficient (Wildman–Crippen LogP) is 2.65. The Balaban J connectivity index is 1.73. The topological polar surface area (TPSA) is 35.5 Å². The van der Waals surface area contributed by atoms with E-state index in [1.165, 1.54) is 19.3 Å². The van der Waals surface area contributed by atoms with Crippen molar-refractivity contribution in [1.82, 2.24) is 0 Å². The summed E-state index contributed by atoms with van der Waals surface area (Å²) in [6.07, 6.45) is 4.65. The van der Waals surface area contributed by atoms with Crippen molar-refractivity contribution >= 4 is 6.29 Å². The smallest absolute Gasteiger partial charge is 0.189 e. The Kier molecular flexibility index (Phi) is 3.94. The molecule has 0 N–H and O–H groups in total. The third-order valence-corrected chi connectivity index (χ3v) is 2.92. The molecule has 1 aliphatic carbocycles. The number of carbonyl (C=O) groups excluding carboxylic acids is 1. The van der Waals surface area contributed by atoms with Crippen molar-refractivity contribution in [3.05, 3.63) is 29.8 Å². The highest BCUT2D eigenvalue weighted by Crippen LogP contribution is 2.26. The molecule has 0 aromatic heterocycles. The van der Waals surface area contributed by atoms with E-state index in [2.05, 4.69) is 0 Å². The van der Waals surface area contributed by atoms with Gasteiger partial charge in [0, 0.05) is 0 Å². The summed E-state index contributed by atoms with van der Waals surface area (Å²) in [7, 11) is 0. The number of ether oxygens (including phenoxy) is 2. The van der Waals surface area contributed by atoms with E-state index in [1.54, 1.807) is 12.1 Å². The van der Waals surface area contributed by atoms with E-state index in [1.807, 2.05) is 12.1 Å². The van der Waals surface area contributed by atoms with E-state index < -0.39 is 0 Å². The van der Waals surface area contributed by atoms with Gasteiger partial charge in [0.2, 0.25) is 0 Å². The van der Waals surface area contributed by atoms with Gasteiger partial charge in [0.25, 0.3) is 0 Å². The van der Waals surface area contributed by atoms with E-state index in [0.717, 1.165) is 12.9 Å². The standard InChI is InChI=1S/C13H16O3/c14-8-12-6-1-2-7-13(12)16-10-15-9-11-4-3-5-11/h1-2,6-8,11H,3-5,9-10H2. The molecule has 1 saturated carbocycles. The van der Waals surface area contributed by atoms with Crippen LogP contribution in [0.2, 0.25) is 0 Å². The molecule has 16 heavy (non-hydrogen) atoms. The molecule has 2 rings (SSSR count). The van der Waals surface area contributed by atoms with Crippen LogP contribution in [0.25, 0.3) is 0 Å². The Bertz CT molecular complexity index is 345. The molecule has 86 valence electrons. The Morgan fingerprint density at radius 2 is 2.12 bits per heavy atom. The van der Waals surface area contributed by atoms with Crippen LogP contribution in [0.4, 0.5) is 0 Å². The fourth-order valence-electron chi connectivity index (χ4n) is 1.69. The van der Waals surface area contributed by atoms with Gasteiger partial charge in [-0.1, -0.05) is 18.6 Å². The molecule has 0 saturated heterocycles. The second-order valence-corrected chi connectivity index (χ2v) is 4.09. The Morgan fingerprint density at radius 3 is 2.81 bits per heavy atom. The number of aldehydes is 1. The molecule has 0 spiro atoms. The first kappa shape index (κ1) is 11.1. The summed E-state index contributed by atoms with van der Waals surface area (Å²) in [4.78, 5) is 10.7. The van der Waals surface area contributed by atoms with Crippen molar-refractivity contribution in [3.8, 4) is 5.75 Å². The van der Waals surface area contributed by atoms with Gasteiger partial charge >= 0.3 is 0 Å². The van der Waals surface area contributed by atoms with Crippen LogP contribution in [-0.2, 0) is 4.74 Å². The lowest BCUT2D eigenvalue weighted by molar-refractivity contribution is -0.0155. The SMILES string of the molecule is O=Cc1ccccc1OCOCC1CCC1. The van der Waals surface area contributed by atoms with Gasteiger partial charge in [-0.2, -0.15) is 0 Å². The first-order valence-corrected chi connectivity index (χ1v) is 5.65. The summed E-state index contributed by atoms with van der Waals surface area (Å²) in [5, 5.41) is 0. The highest BCUT2D eigenvalue weighted by atomic mass is 16.7. The molecule has 0 aliphatic heterocycles. The van der Waals surface area contributed by atoms with Crippen LogP contribution in [-0.4, -0.2) is 19.7 Å². The summed E-state index contributed by atoms with van der Waals surface area (Å²) < 4.78 is 10.8. The summed E-state index contributed by atoms with van der Waals surface area (Å²) >= 11 is 0. The second-order valence-electron chi connectivity index (χ2n) is 4.09. The zero-order chi connectivity index (χ0) is 11.2. The molecule has 3 heteroatoms. The van der Waals surface area contributed by atoms with Gasteiger partial charge in [-0.05, 0) is 30.9 Å². The van der Waals surface area contributed by atoms with Crippen molar-refractivity contribution in [2.45, 2.75) is 19.3 Å². The molecule has 1 aliphatic rings. The molecule has 1 fully saturated rings. The highest BCUT2D eigenvalue weighted by molar-refractivity contribution is 5.79. The van der Waals surface area contributed by atoms with Crippen LogP contribution in [0.3, 0.4) is 0 Å². The highest BCUT2D eigenvalue weighted by Gasteiger charge is 2.17. The summed E-state index contributed by atoms with van der Waals surface area (Å²) in [6.45, 7) is 0.991. The minimum absolute atomic E-state index is 0.224. The zero-order valence-electron chi connectivity index (χ0n) is 9.22. The second kappa shape index (κ2) is 5.66. The van der Waals surface area contributed by atoms with E-state index in [4.69, 9.17) is 9.47 Å². The summed E-state index contributed by atoms with van der Waals surface area (Å²) in [5.41, 5.74) is 0.565. The van der Waals surface area contributed by atoms with Crippen molar-refractivity contribution in [2.75, 3.05) is 13.4 Å². The van der Waals surface area contributed by atoms with Crippen LogP contribution < -0.4 is 4.74 Å². The molecule has 0 heterocycles. The third kappa shape index (κ3) is 2.83. The van der Waals surface area contributed by atoms with E-state index in [-0.39, 0.29) is 6.79 Å². The number of hydrogen-bond acceptors (Lipinski definition) is 3. The fourth-order valence-corrected chi connectivity index (χ4v) is 1.69. The van der Waals surface area contributed by atoms with Crippen molar-refractivity contribution in [3.63, 3.8) is 0 Å². The van der Waals surface area contributed by atoms with Crippen LogP contribution in [0, 0.1) is 5.92 Å². The van der Waals surface area contributed by atoms with Crippen molar-refractivity contribution in [2.24, 2.45) is 5.92 Å². The van der Waals surface area contributed by atoms with E-state index in [0.29, 0.717) is 17.2 Å². The Labute approximate surface area is 95.4 Å². The van der Waals surface area contributed by atoms with Crippen LogP contribution >= 0.6 is 0 Å². The third-order valence-electron chi connectivity index (χ3n) is 2.92. The number of para-hydroxylation sites is 1. The molecule has 0 bridgehead atoms. The number of carbonyl (C=O) groups is 1. The Morgan fingerprint density at radius 1 is 1.31 bits per heavy atom. The van der Waals surface area contributed by atoms with E-state index in [9.17, 15) is 4.79 Å². The zero-order valence-corrected chi connectivity index (χ0v) is 9.22. The van der Waals surface area contributed by atoms with Gasteiger partial charge in [0.1, 0.15) is 5.75 Å². The molecule has 3 nitrogen and oxygen atoms in total. The number of rotatable bonds is 6. The lowest BCUT2D eigenvalue weighted by Crippen LogP contribution is -2.19. The van der Waals surface area contributed by atoms with Crippen molar-refractivity contribution < 1.29 is 14.3 Å². The largest absolute Gasteiger partial charge is 0.467 e. The first-order chi connectivity index (χ1) is 7.90. The number of benzene rings is 1. The molecular formula is C13H16O3. The average molecular weight is 220 g/mol. The number of hydrogen-bond donors (Lipinski definition) is 0. The minimum atomic E-state index is 0.224. The Hall–Kier alpha value is -1.35. The van der Waals surface area contributed by atoms with Gasteiger partial charge in [0.05, 0.1) is 12.2 Å². The molecule has 0 amide bonds. The van der Waals surface area contributed by atoms with Crippen LogP contribution in [0.15, 0.2) is 24.3 Å². The van der Waals surface area contributed by atoms with Gasteiger partial charge in [0.15, 0.2) is 13.1 Å². The molecule has 0 radical (unpaired) electrons. The molecule has 0 atom stereocenters. The summed E-state index contributed by atoms with van der Waals surface area (Å²) in [6, 6.07) is 7.16. The summed E-state index contributed by atoms with van der Waals surface area (Å²) in [5.74, 6) is 1.30. The van der Waals surface area contributed by atoms with Gasteiger partial charge in [-0.25, -0.2) is 0 Å². The molecule has 1 aromatic rings. The lowest BCUT2D eigenvalue weighted by Gasteiger charge is -2.24. The molecule has 1 aromatic carbocycles. The fraction of sp³-hybridized carbons (Fsp3) is 0.462. The van der Waals surface area contributed by atoms with Gasteiger partial charge in [-0.15, -0.1) is 0 Å². The average Bonchev–Trinajstić information content (AvgIpc) is 2.27. The minimum Gasteiger partial charge on any atom is -0.467 e. The maximum absolute atomic E-state index is 10.7. The van der Waals surface area contributed by atoms with Crippen LogP contribution in [0.5, 0.6) is 5.75 Å². The van der Waals surface area contributed by atoms with Gasteiger partial charge in [-0.3, -0.25) is 4.79 Å². The first-order valence-electron chi connectivity index (χ1n) is 5.65. The molecule has 0 unspecified atom stereocenters. The lowest BCUT2D eigenvalue weighted by atomic mass is 9.86. The van der Waals surface area contributed by atoms with E-state index >= 15 is 0 Å². The molecular weight excluding hydrogens is 204 g/mol. The monoisotopic (exact) mass is 220 g/mol. The quantitative estimate of drug-likeness (QED) is 0.420. The van der Waals surface area contributed by atoms with Crippen LogP contribution in [0.1, 0.15) is 29.6 Å². The van der Waals surface area contributed by atoms with Crippen molar-refractivity contribution in [1.29, 1.82) is 0 Å². The normalized spacial score (nSPS) is 15.5. The van der Waals surface area contributed by atoms with Gasteiger partial charge < -0.3 is 9.47 Å². The maximum atomic E-state index is 10.7. The maximum Gasteiger partial charge on any atom is 0.189 e. The predicted molar refractivity (Wildman–Crippen MR) is 60.6 cm³/mol.